The van der Waals surface area contributed by atoms with Crippen LogP contribution in [-0.2, 0) is 44.6 Å². The molecular weight excluding hydrogens is 711 g/mol. The molecule has 0 radical (unpaired) electrons. The highest BCUT2D eigenvalue weighted by Crippen LogP contribution is 2.70. The fraction of sp³-hybridized carbons (Fsp3) is 0.632. The maximum atomic E-state index is 15.8. The molecule has 0 amide bonds. The first kappa shape index (κ1) is 39.4. The fourth-order valence-corrected chi connectivity index (χ4v) is 9.92. The quantitative estimate of drug-likeness (QED) is 0.0947. The number of rotatable bonds is 13. The first-order valence-corrected chi connectivity index (χ1v) is 18.2. The topological polar surface area (TPSA) is 213 Å². The van der Waals surface area contributed by atoms with Gasteiger partial charge in [0.05, 0.1) is 25.4 Å². The minimum atomic E-state index is -1.61. The second kappa shape index (κ2) is 14.8. The van der Waals surface area contributed by atoms with Crippen molar-refractivity contribution in [2.45, 2.75) is 102 Å². The van der Waals surface area contributed by atoms with Crippen molar-refractivity contribution in [3.8, 4) is 5.75 Å². The number of ketones is 2. The standard InChI is InChI=1S/C38H47FN2O13/c1-35(2)53-31-18-25-24-17-27(39)26-16-22(42)11-12-36(26,3)32(24)29(43)19-37(25,4)38(31,54-35)30(44)20-50-34(46)52-23-9-7-21(8-10-23)15-28(40)33(45)49-13-5-6-14-51-41(47)48/h7-12,24-25,28-29,31-32,43H,5-6,13-20,40H2,1-4H3/t24-,25-,28?,29-,31+,32+,36-,37-,38+/m0/s1. The number of nitrogens with zero attached hydrogens (tertiary/aromatic N) is 1. The van der Waals surface area contributed by atoms with E-state index in [4.69, 9.17) is 29.4 Å². The smallest absolute Gasteiger partial charge is 0.465 e. The van der Waals surface area contributed by atoms with Crippen LogP contribution < -0.4 is 10.5 Å². The van der Waals surface area contributed by atoms with E-state index in [1.54, 1.807) is 32.1 Å². The molecule has 1 unspecified atom stereocenters. The average molecular weight is 759 g/mol. The maximum Gasteiger partial charge on any atom is 0.514 e. The lowest BCUT2D eigenvalue weighted by atomic mass is 9.46. The molecule has 0 spiro atoms. The Balaban J connectivity index is 1.07. The summed E-state index contributed by atoms with van der Waals surface area (Å²) in [5, 5.41) is 21.1. The predicted molar refractivity (Wildman–Crippen MR) is 184 cm³/mol. The number of hydrogen-bond acceptors (Lipinski definition) is 14. The van der Waals surface area contributed by atoms with Gasteiger partial charge < -0.3 is 39.4 Å². The van der Waals surface area contributed by atoms with Gasteiger partial charge in [-0.1, -0.05) is 32.1 Å². The van der Waals surface area contributed by atoms with Crippen LogP contribution in [0.2, 0.25) is 0 Å². The molecule has 3 N–H and O–H groups in total. The van der Waals surface area contributed by atoms with Crippen LogP contribution in [0, 0.1) is 38.7 Å². The molecule has 4 aliphatic carbocycles. The first-order valence-electron chi connectivity index (χ1n) is 18.2. The molecule has 1 saturated heterocycles. The normalized spacial score (nSPS) is 33.8. The molecule has 6 rings (SSSR count). The summed E-state index contributed by atoms with van der Waals surface area (Å²) in [6.45, 7) is 6.34. The summed E-state index contributed by atoms with van der Waals surface area (Å²) in [6, 6.07) is 5.16. The van der Waals surface area contributed by atoms with Gasteiger partial charge in [0.1, 0.15) is 17.6 Å². The predicted octanol–water partition coefficient (Wildman–Crippen LogP) is 4.25. The van der Waals surface area contributed by atoms with Gasteiger partial charge in [0.25, 0.3) is 5.09 Å². The molecule has 3 fully saturated rings. The number of benzene rings is 1. The summed E-state index contributed by atoms with van der Waals surface area (Å²) < 4.78 is 44.4. The van der Waals surface area contributed by atoms with Gasteiger partial charge in [-0.3, -0.25) is 14.4 Å². The van der Waals surface area contributed by atoms with E-state index < -0.39 is 76.0 Å². The van der Waals surface area contributed by atoms with E-state index in [0.717, 1.165) is 0 Å². The average Bonchev–Trinajstić information content (AvgIpc) is 3.51. The number of carbonyl (C=O) groups is 4. The van der Waals surface area contributed by atoms with Crippen LogP contribution in [0.4, 0.5) is 9.18 Å². The lowest BCUT2D eigenvalue weighted by Gasteiger charge is -2.59. The number of ether oxygens (including phenoxy) is 5. The molecule has 9 atom stereocenters. The SMILES string of the molecule is CC1(C)O[C@@H]2C[C@H]3[C@@H]4CC(F)=C5CC(=O)C=C[C@]5(C)[C@H]4[C@@H](O)C[C@]3(C)[C@]2(C(=O)COC(=O)Oc2ccc(CC(N)C(=O)OCCCCO[N+](=O)[O-])cc2)O1. The van der Waals surface area contributed by atoms with Crippen molar-refractivity contribution in [3.63, 3.8) is 0 Å². The second-order valence-electron chi connectivity index (χ2n) is 15.9. The number of unbranched alkanes of at least 4 members (excludes halogenated alkanes) is 1. The van der Waals surface area contributed by atoms with E-state index in [-0.39, 0.29) is 68.1 Å². The van der Waals surface area contributed by atoms with Crippen molar-refractivity contribution in [1.29, 1.82) is 0 Å². The molecule has 16 heteroatoms. The zero-order valence-corrected chi connectivity index (χ0v) is 30.7. The third kappa shape index (κ3) is 7.16. The number of aliphatic hydroxyl groups is 1. The Morgan fingerprint density at radius 3 is 2.52 bits per heavy atom. The van der Waals surface area contributed by atoms with Crippen molar-refractivity contribution < 1.29 is 62.3 Å². The van der Waals surface area contributed by atoms with Gasteiger partial charge in [-0.25, -0.2) is 9.18 Å². The minimum Gasteiger partial charge on any atom is -0.465 e. The number of esters is 1. The van der Waals surface area contributed by atoms with E-state index in [2.05, 4.69) is 4.84 Å². The molecular formula is C38H47FN2O13. The van der Waals surface area contributed by atoms with Gasteiger partial charge in [0.15, 0.2) is 23.8 Å². The highest BCUT2D eigenvalue weighted by Gasteiger charge is 2.77. The number of Topliss-reactive ketones (excluding diaryl/α,β-unsaturated/α-hetero) is 1. The van der Waals surface area contributed by atoms with Crippen molar-refractivity contribution in [2.75, 3.05) is 19.8 Å². The molecule has 0 bridgehead atoms. The Morgan fingerprint density at radius 1 is 1.11 bits per heavy atom. The summed E-state index contributed by atoms with van der Waals surface area (Å²) in [5.41, 5.74) is 3.53. The largest absolute Gasteiger partial charge is 0.514 e. The number of halogens is 1. The Bertz CT molecular complexity index is 1750. The third-order valence-corrected chi connectivity index (χ3v) is 12.1. The monoisotopic (exact) mass is 758 g/mol. The molecule has 1 aliphatic heterocycles. The molecule has 0 aromatic heterocycles. The molecule has 1 heterocycles. The van der Waals surface area contributed by atoms with Gasteiger partial charge in [0.2, 0.25) is 5.78 Å². The van der Waals surface area contributed by atoms with Crippen molar-refractivity contribution >= 4 is 23.7 Å². The summed E-state index contributed by atoms with van der Waals surface area (Å²) in [6.07, 6.45) is 1.66. The number of aliphatic hydroxyl groups excluding tert-OH is 1. The van der Waals surface area contributed by atoms with Gasteiger partial charge in [-0.2, -0.15) is 0 Å². The van der Waals surface area contributed by atoms with Crippen LogP contribution in [0.1, 0.15) is 71.8 Å². The Kier molecular flexibility index (Phi) is 10.8. The van der Waals surface area contributed by atoms with E-state index in [1.165, 1.54) is 18.2 Å². The van der Waals surface area contributed by atoms with Crippen LogP contribution in [0.5, 0.6) is 5.75 Å². The Hall–Kier alpha value is -4.25. The zero-order chi connectivity index (χ0) is 39.2. The summed E-state index contributed by atoms with van der Waals surface area (Å²) in [7, 11) is 0. The number of carbonyl (C=O) groups excluding carboxylic acids is 4. The lowest BCUT2D eigenvalue weighted by Crippen LogP contribution is -2.64. The van der Waals surface area contributed by atoms with E-state index in [0.29, 0.717) is 30.4 Å². The zero-order valence-electron chi connectivity index (χ0n) is 30.7. The highest BCUT2D eigenvalue weighted by molar-refractivity contribution is 5.94. The fourth-order valence-electron chi connectivity index (χ4n) is 9.92. The van der Waals surface area contributed by atoms with Crippen LogP contribution in [0.3, 0.4) is 0 Å². The van der Waals surface area contributed by atoms with Crippen LogP contribution in [-0.4, -0.2) is 83.3 Å². The van der Waals surface area contributed by atoms with Crippen LogP contribution in [0.25, 0.3) is 0 Å². The van der Waals surface area contributed by atoms with Crippen molar-refractivity contribution in [2.24, 2.45) is 34.3 Å². The van der Waals surface area contributed by atoms with E-state index >= 15 is 4.39 Å². The van der Waals surface area contributed by atoms with Gasteiger partial charge in [0, 0.05) is 29.6 Å². The van der Waals surface area contributed by atoms with Crippen LogP contribution in [0.15, 0.2) is 47.8 Å². The third-order valence-electron chi connectivity index (χ3n) is 12.1. The summed E-state index contributed by atoms with van der Waals surface area (Å²) >= 11 is 0. The molecule has 5 aliphatic rings. The number of nitrogens with two attached hydrogens (primary N) is 1. The number of fused-ring (bicyclic) bond motifs is 7. The minimum absolute atomic E-state index is 0.0254. The molecule has 15 nitrogen and oxygen atoms in total. The van der Waals surface area contributed by atoms with Gasteiger partial charge in [-0.05, 0) is 87.1 Å². The summed E-state index contributed by atoms with van der Waals surface area (Å²) in [4.78, 5) is 66.0. The number of hydrogen-bond donors (Lipinski definition) is 2. The maximum absolute atomic E-state index is 15.8. The van der Waals surface area contributed by atoms with Crippen molar-refractivity contribution in [3.05, 3.63) is 63.5 Å². The molecule has 54 heavy (non-hydrogen) atoms. The Morgan fingerprint density at radius 2 is 1.81 bits per heavy atom. The Labute approximate surface area is 311 Å². The summed E-state index contributed by atoms with van der Waals surface area (Å²) in [5.74, 6) is -3.87. The molecule has 2 saturated carbocycles. The molecule has 1 aromatic carbocycles. The van der Waals surface area contributed by atoms with Gasteiger partial charge >= 0.3 is 12.1 Å². The van der Waals surface area contributed by atoms with E-state index in [9.17, 15) is 34.4 Å². The van der Waals surface area contributed by atoms with Crippen molar-refractivity contribution in [1.82, 2.24) is 0 Å². The lowest BCUT2D eigenvalue weighted by molar-refractivity contribution is -0.757. The molecule has 294 valence electrons. The van der Waals surface area contributed by atoms with Gasteiger partial charge in [-0.15, -0.1) is 10.1 Å². The second-order valence-corrected chi connectivity index (χ2v) is 15.9. The highest BCUT2D eigenvalue weighted by atomic mass is 19.1. The first-order chi connectivity index (χ1) is 25.4. The van der Waals surface area contributed by atoms with E-state index in [1.807, 2.05) is 13.8 Å². The number of allylic oxidation sites excluding steroid dienone is 4. The molecule has 1 aromatic rings. The van der Waals surface area contributed by atoms with Crippen LogP contribution >= 0.6 is 0 Å².